The van der Waals surface area contributed by atoms with Gasteiger partial charge in [-0.15, -0.1) is 0 Å². The van der Waals surface area contributed by atoms with Crippen molar-refractivity contribution >= 4 is 22.5 Å². The number of likely N-dealkylation sites (tertiary alicyclic amines) is 1. The normalized spacial score (nSPS) is 16.4. The van der Waals surface area contributed by atoms with Gasteiger partial charge in [-0.05, 0) is 30.5 Å². The van der Waals surface area contributed by atoms with E-state index >= 15 is 0 Å². The number of pyridine rings is 1. The summed E-state index contributed by atoms with van der Waals surface area (Å²) in [6, 6.07) is 19.0. The first-order valence-electron chi connectivity index (χ1n) is 9.30. The Hall–Kier alpha value is -2.92. The van der Waals surface area contributed by atoms with E-state index in [-0.39, 0.29) is 11.8 Å². The maximum atomic E-state index is 12.6. The lowest BCUT2D eigenvalue weighted by atomic mass is 9.91. The number of aliphatic hydroxyl groups is 1. The number of aliphatic hydroxyl groups excluding tert-OH is 1. The highest BCUT2D eigenvalue weighted by atomic mass is 16.3. The molecule has 138 valence electrons. The quantitative estimate of drug-likeness (QED) is 0.750. The first kappa shape index (κ1) is 17.5. The molecule has 1 atom stereocenters. The monoisotopic (exact) mass is 361 g/mol. The summed E-state index contributed by atoms with van der Waals surface area (Å²) < 4.78 is 0. The van der Waals surface area contributed by atoms with Crippen molar-refractivity contribution in [2.75, 3.05) is 18.8 Å². The molecule has 0 saturated carbocycles. The van der Waals surface area contributed by atoms with E-state index < -0.39 is 6.10 Å². The van der Waals surface area contributed by atoms with Gasteiger partial charge < -0.3 is 15.7 Å². The number of nitrogen functional groups attached to an aromatic ring is 1. The molecule has 2 aromatic carbocycles. The molecule has 0 aliphatic carbocycles. The third-order valence-electron chi connectivity index (χ3n) is 5.33. The molecule has 5 heteroatoms. The van der Waals surface area contributed by atoms with E-state index in [1.165, 1.54) is 0 Å². The van der Waals surface area contributed by atoms with Crippen molar-refractivity contribution in [3.05, 3.63) is 71.9 Å². The predicted molar refractivity (Wildman–Crippen MR) is 106 cm³/mol. The van der Waals surface area contributed by atoms with Crippen LogP contribution >= 0.6 is 0 Å². The molecule has 0 spiro atoms. The Balaban J connectivity index is 1.46. The molecule has 3 N–H and O–H groups in total. The van der Waals surface area contributed by atoms with Crippen LogP contribution in [-0.2, 0) is 4.79 Å². The maximum absolute atomic E-state index is 12.6. The molecule has 1 aromatic heterocycles. The predicted octanol–water partition coefficient (Wildman–Crippen LogP) is 3.26. The maximum Gasteiger partial charge on any atom is 0.256 e. The molecule has 0 bridgehead atoms. The summed E-state index contributed by atoms with van der Waals surface area (Å²) >= 11 is 0. The summed E-state index contributed by atoms with van der Waals surface area (Å²) in [6.07, 6.45) is 0.484. The van der Waals surface area contributed by atoms with Crippen LogP contribution in [0.5, 0.6) is 0 Å². The average molecular weight is 361 g/mol. The molecule has 27 heavy (non-hydrogen) atoms. The van der Waals surface area contributed by atoms with E-state index in [0.717, 1.165) is 29.4 Å². The Morgan fingerprint density at radius 3 is 2.48 bits per heavy atom. The van der Waals surface area contributed by atoms with Crippen molar-refractivity contribution < 1.29 is 9.90 Å². The van der Waals surface area contributed by atoms with Crippen molar-refractivity contribution in [2.45, 2.75) is 24.9 Å². The van der Waals surface area contributed by atoms with E-state index in [1.54, 1.807) is 17.0 Å². The van der Waals surface area contributed by atoms with Gasteiger partial charge in [0.05, 0.1) is 16.9 Å². The summed E-state index contributed by atoms with van der Waals surface area (Å²) in [4.78, 5) is 19.1. The summed E-state index contributed by atoms with van der Waals surface area (Å²) in [7, 11) is 0. The van der Waals surface area contributed by atoms with Crippen LogP contribution in [0.25, 0.3) is 10.9 Å². The number of fused-ring (bicyclic) bond motifs is 1. The largest absolute Gasteiger partial charge is 0.397 e. The Morgan fingerprint density at radius 2 is 1.74 bits per heavy atom. The second kappa shape index (κ2) is 7.37. The van der Waals surface area contributed by atoms with Crippen molar-refractivity contribution in [3.8, 4) is 0 Å². The number of carbonyl (C=O) groups is 1. The molecule has 1 aliphatic rings. The van der Waals surface area contributed by atoms with Crippen LogP contribution in [0.15, 0.2) is 60.7 Å². The van der Waals surface area contributed by atoms with E-state index in [2.05, 4.69) is 0 Å². The molecule has 4 rings (SSSR count). The molecule has 0 unspecified atom stereocenters. The Bertz CT molecular complexity index is 950. The van der Waals surface area contributed by atoms with Gasteiger partial charge in [0.2, 0.25) is 0 Å². The van der Waals surface area contributed by atoms with Crippen LogP contribution in [0, 0.1) is 0 Å². The lowest BCUT2D eigenvalue weighted by Crippen LogP contribution is -2.40. The van der Waals surface area contributed by atoms with Gasteiger partial charge in [-0.2, -0.15) is 0 Å². The fraction of sp³-hybridized carbons (Fsp3) is 0.273. The Kier molecular flexibility index (Phi) is 4.77. The topological polar surface area (TPSA) is 79.5 Å². The van der Waals surface area contributed by atoms with Gasteiger partial charge in [0.15, 0.2) is 6.10 Å². The zero-order valence-corrected chi connectivity index (χ0v) is 15.1. The summed E-state index contributed by atoms with van der Waals surface area (Å²) in [5, 5.41) is 11.4. The first-order chi connectivity index (χ1) is 13.1. The fourth-order valence-corrected chi connectivity index (χ4v) is 3.80. The summed E-state index contributed by atoms with van der Waals surface area (Å²) in [5.41, 5.74) is 9.46. The minimum absolute atomic E-state index is 0.229. The molecule has 5 nitrogen and oxygen atoms in total. The molecule has 1 fully saturated rings. The van der Waals surface area contributed by atoms with Gasteiger partial charge in [-0.3, -0.25) is 9.78 Å². The van der Waals surface area contributed by atoms with Crippen molar-refractivity contribution in [1.82, 2.24) is 9.88 Å². The second-order valence-electron chi connectivity index (χ2n) is 7.07. The molecular weight excluding hydrogens is 338 g/mol. The third kappa shape index (κ3) is 3.51. The number of hydrogen-bond acceptors (Lipinski definition) is 4. The van der Waals surface area contributed by atoms with Crippen LogP contribution in [0.2, 0.25) is 0 Å². The lowest BCUT2D eigenvalue weighted by molar-refractivity contribution is -0.141. The van der Waals surface area contributed by atoms with E-state index in [9.17, 15) is 9.90 Å². The SMILES string of the molecule is Nc1cc2ccccc2nc1C1CCN(C(=O)[C@@H](O)c2ccccc2)CC1. The first-order valence-corrected chi connectivity index (χ1v) is 9.30. The summed E-state index contributed by atoms with van der Waals surface area (Å²) in [6.45, 7) is 1.20. The van der Waals surface area contributed by atoms with Crippen LogP contribution < -0.4 is 5.73 Å². The van der Waals surface area contributed by atoms with Gasteiger partial charge in [-0.1, -0.05) is 48.5 Å². The molecular formula is C22H23N3O2. The zero-order valence-electron chi connectivity index (χ0n) is 15.1. The van der Waals surface area contributed by atoms with Gasteiger partial charge >= 0.3 is 0 Å². The van der Waals surface area contributed by atoms with E-state index in [1.807, 2.05) is 48.5 Å². The van der Waals surface area contributed by atoms with Gasteiger partial charge in [0.25, 0.3) is 5.91 Å². The second-order valence-corrected chi connectivity index (χ2v) is 7.07. The molecule has 0 radical (unpaired) electrons. The zero-order chi connectivity index (χ0) is 18.8. The number of carbonyl (C=O) groups excluding carboxylic acids is 1. The van der Waals surface area contributed by atoms with Crippen molar-refractivity contribution in [1.29, 1.82) is 0 Å². The average Bonchev–Trinajstić information content (AvgIpc) is 2.73. The number of aromatic nitrogens is 1. The molecule has 2 heterocycles. The van der Waals surface area contributed by atoms with Crippen molar-refractivity contribution in [3.63, 3.8) is 0 Å². The Morgan fingerprint density at radius 1 is 1.07 bits per heavy atom. The Labute approximate surface area is 158 Å². The highest BCUT2D eigenvalue weighted by Gasteiger charge is 2.29. The third-order valence-corrected chi connectivity index (χ3v) is 5.33. The number of rotatable bonds is 3. The molecule has 1 saturated heterocycles. The standard InChI is InChI=1S/C22H23N3O2/c23-18-14-17-8-4-5-9-19(17)24-20(18)15-10-12-25(13-11-15)22(27)21(26)16-6-2-1-3-7-16/h1-9,14-15,21,26H,10-13,23H2/t21-/m0/s1. The fourth-order valence-electron chi connectivity index (χ4n) is 3.80. The number of hydrogen-bond donors (Lipinski definition) is 2. The van der Waals surface area contributed by atoms with Crippen LogP contribution in [0.4, 0.5) is 5.69 Å². The van der Waals surface area contributed by atoms with Crippen LogP contribution in [0.1, 0.15) is 36.1 Å². The molecule has 3 aromatic rings. The van der Waals surface area contributed by atoms with Crippen LogP contribution in [0.3, 0.4) is 0 Å². The highest BCUT2D eigenvalue weighted by molar-refractivity contribution is 5.83. The number of amides is 1. The number of nitrogens with two attached hydrogens (primary N) is 1. The lowest BCUT2D eigenvalue weighted by Gasteiger charge is -2.33. The van der Waals surface area contributed by atoms with Crippen LogP contribution in [-0.4, -0.2) is 34.0 Å². The van der Waals surface area contributed by atoms with Gasteiger partial charge in [0.1, 0.15) is 0 Å². The summed E-state index contributed by atoms with van der Waals surface area (Å²) in [5.74, 6) is -0.00776. The van der Waals surface area contributed by atoms with E-state index in [0.29, 0.717) is 24.3 Å². The minimum atomic E-state index is -1.10. The highest BCUT2D eigenvalue weighted by Crippen LogP contribution is 2.33. The minimum Gasteiger partial charge on any atom is -0.397 e. The molecule has 1 aliphatic heterocycles. The van der Waals surface area contributed by atoms with Gasteiger partial charge in [-0.25, -0.2) is 0 Å². The number of nitrogens with zero attached hydrogens (tertiary/aromatic N) is 2. The van der Waals surface area contributed by atoms with Crippen molar-refractivity contribution in [2.24, 2.45) is 0 Å². The number of benzene rings is 2. The number of anilines is 1. The number of para-hydroxylation sites is 1. The van der Waals surface area contributed by atoms with E-state index in [4.69, 9.17) is 10.7 Å². The van der Waals surface area contributed by atoms with Gasteiger partial charge in [0, 0.05) is 24.4 Å². The number of piperidine rings is 1. The smallest absolute Gasteiger partial charge is 0.256 e. The molecule has 1 amide bonds.